The van der Waals surface area contributed by atoms with Crippen molar-refractivity contribution in [2.45, 2.75) is 53.2 Å². The van der Waals surface area contributed by atoms with E-state index in [1.54, 1.807) is 39.0 Å². The number of carbonyl (C=O) groups excluding carboxylic acids is 2. The Bertz CT molecular complexity index is 626. The van der Waals surface area contributed by atoms with Crippen molar-refractivity contribution in [2.75, 3.05) is 14.2 Å². The predicted molar refractivity (Wildman–Crippen MR) is 96.5 cm³/mol. The molecule has 1 aromatic carbocycles. The van der Waals surface area contributed by atoms with Gasteiger partial charge >= 0.3 is 6.09 Å². The number of carbonyl (C=O) groups is 2. The molecule has 6 nitrogen and oxygen atoms in total. The van der Waals surface area contributed by atoms with Crippen LogP contribution in [0.1, 0.15) is 51.9 Å². The van der Waals surface area contributed by atoms with Crippen LogP contribution in [0.2, 0.25) is 0 Å². The number of alkyl carbamates (subject to hydrolysis) is 1. The molecule has 0 spiro atoms. The smallest absolute Gasteiger partial charge is 0.408 e. The number of methoxy groups -OCH3 is 2. The predicted octanol–water partition coefficient (Wildman–Crippen LogP) is 3.83. The second kappa shape index (κ2) is 7.76. The van der Waals surface area contributed by atoms with Crippen molar-refractivity contribution < 1.29 is 23.8 Å². The first-order valence-corrected chi connectivity index (χ1v) is 8.15. The normalized spacial score (nSPS) is 13.0. The zero-order valence-corrected chi connectivity index (χ0v) is 16.4. The molecular weight excluding hydrogens is 322 g/mol. The molecule has 0 aliphatic rings. The third kappa shape index (κ3) is 5.96. The average Bonchev–Trinajstić information content (AvgIpc) is 2.48. The Balaban J connectivity index is 3.16. The summed E-state index contributed by atoms with van der Waals surface area (Å²) in [6.07, 6.45) is -0.631. The Hall–Kier alpha value is -2.24. The number of rotatable bonds is 5. The molecule has 0 unspecified atom stereocenters. The van der Waals surface area contributed by atoms with Gasteiger partial charge in [-0.05, 0) is 38.3 Å². The molecule has 0 bridgehead atoms. The molecule has 1 rings (SSSR count). The second-order valence-electron chi connectivity index (χ2n) is 7.88. The van der Waals surface area contributed by atoms with Gasteiger partial charge in [0.2, 0.25) is 0 Å². The second-order valence-corrected chi connectivity index (χ2v) is 7.88. The largest absolute Gasteiger partial charge is 0.497 e. The summed E-state index contributed by atoms with van der Waals surface area (Å²) in [7, 11) is 3.03. The number of Topliss-reactive ketones (excluding diaryl/α,β-unsaturated/α-hetero) is 1. The molecule has 0 aliphatic carbocycles. The minimum atomic E-state index is -0.773. The third-order valence-corrected chi connectivity index (χ3v) is 3.46. The van der Waals surface area contributed by atoms with Crippen LogP contribution in [0.5, 0.6) is 11.5 Å². The van der Waals surface area contributed by atoms with Crippen LogP contribution >= 0.6 is 0 Å². The monoisotopic (exact) mass is 351 g/mol. The van der Waals surface area contributed by atoms with E-state index in [1.807, 2.05) is 20.8 Å². The van der Waals surface area contributed by atoms with Crippen LogP contribution in [0.3, 0.4) is 0 Å². The van der Waals surface area contributed by atoms with Gasteiger partial charge in [0, 0.05) is 6.07 Å². The van der Waals surface area contributed by atoms with Gasteiger partial charge in [0.25, 0.3) is 0 Å². The Labute approximate surface area is 149 Å². The number of ether oxygens (including phenoxy) is 3. The van der Waals surface area contributed by atoms with E-state index in [1.165, 1.54) is 14.2 Å². The summed E-state index contributed by atoms with van der Waals surface area (Å²) in [6, 6.07) is 4.18. The zero-order chi connectivity index (χ0) is 19.4. The lowest BCUT2D eigenvalue weighted by molar-refractivity contribution is 0.0445. The lowest BCUT2D eigenvalue weighted by atomic mass is 9.82. The van der Waals surface area contributed by atoms with Crippen LogP contribution in [0.15, 0.2) is 18.2 Å². The SMILES string of the molecule is COc1ccc(C(=O)[C@@H](NC(=O)OC(C)(C)C)C(C)(C)C)c(OC)c1. The number of hydrogen-bond acceptors (Lipinski definition) is 5. The highest BCUT2D eigenvalue weighted by Gasteiger charge is 2.35. The number of hydrogen-bond donors (Lipinski definition) is 1. The van der Waals surface area contributed by atoms with Crippen LogP contribution in [-0.4, -0.2) is 37.7 Å². The minimum Gasteiger partial charge on any atom is -0.497 e. The van der Waals surface area contributed by atoms with Gasteiger partial charge in [0.15, 0.2) is 5.78 Å². The van der Waals surface area contributed by atoms with Crippen LogP contribution in [-0.2, 0) is 4.74 Å². The summed E-state index contributed by atoms with van der Waals surface area (Å²) in [4.78, 5) is 25.3. The molecule has 0 fully saturated rings. The molecule has 0 saturated heterocycles. The summed E-state index contributed by atoms with van der Waals surface area (Å²) in [5.74, 6) is 0.725. The number of amides is 1. The number of ketones is 1. The quantitative estimate of drug-likeness (QED) is 0.816. The number of benzene rings is 1. The summed E-state index contributed by atoms with van der Waals surface area (Å²) in [5, 5.41) is 2.69. The van der Waals surface area contributed by atoms with E-state index < -0.39 is 23.2 Å². The van der Waals surface area contributed by atoms with E-state index >= 15 is 0 Å². The maximum atomic E-state index is 13.1. The molecular formula is C19H29NO5. The molecule has 25 heavy (non-hydrogen) atoms. The van der Waals surface area contributed by atoms with Crippen LogP contribution in [0.25, 0.3) is 0 Å². The van der Waals surface area contributed by atoms with E-state index in [0.717, 1.165) is 0 Å². The van der Waals surface area contributed by atoms with Gasteiger partial charge in [-0.15, -0.1) is 0 Å². The highest BCUT2D eigenvalue weighted by Crippen LogP contribution is 2.30. The van der Waals surface area contributed by atoms with Gasteiger partial charge in [-0.25, -0.2) is 4.79 Å². The molecule has 0 aliphatic heterocycles. The fourth-order valence-electron chi connectivity index (χ4n) is 2.26. The molecule has 140 valence electrons. The van der Waals surface area contributed by atoms with Crippen molar-refractivity contribution in [3.8, 4) is 11.5 Å². The topological polar surface area (TPSA) is 73.9 Å². The fourth-order valence-corrected chi connectivity index (χ4v) is 2.26. The van der Waals surface area contributed by atoms with E-state index in [0.29, 0.717) is 17.1 Å². The molecule has 1 aromatic rings. The first-order chi connectivity index (χ1) is 11.4. The van der Waals surface area contributed by atoms with Crippen LogP contribution in [0, 0.1) is 5.41 Å². The van der Waals surface area contributed by atoms with Crippen molar-refractivity contribution in [2.24, 2.45) is 5.41 Å². The van der Waals surface area contributed by atoms with Crippen molar-refractivity contribution in [3.63, 3.8) is 0 Å². The molecule has 0 radical (unpaired) electrons. The van der Waals surface area contributed by atoms with Crippen molar-refractivity contribution in [1.82, 2.24) is 5.32 Å². The molecule has 0 heterocycles. The van der Waals surface area contributed by atoms with Crippen molar-refractivity contribution in [1.29, 1.82) is 0 Å². The maximum absolute atomic E-state index is 13.1. The lowest BCUT2D eigenvalue weighted by Crippen LogP contribution is -2.50. The molecule has 0 saturated carbocycles. The van der Waals surface area contributed by atoms with Gasteiger partial charge in [-0.3, -0.25) is 4.79 Å². The highest BCUT2D eigenvalue weighted by molar-refractivity contribution is 6.04. The first-order valence-electron chi connectivity index (χ1n) is 8.15. The summed E-state index contributed by atoms with van der Waals surface area (Å²) in [5.41, 5.74) is -0.786. The lowest BCUT2D eigenvalue weighted by Gasteiger charge is -2.31. The van der Waals surface area contributed by atoms with E-state index in [4.69, 9.17) is 14.2 Å². The zero-order valence-electron chi connectivity index (χ0n) is 16.4. The maximum Gasteiger partial charge on any atom is 0.408 e. The minimum absolute atomic E-state index is 0.252. The molecule has 0 aromatic heterocycles. The van der Waals surface area contributed by atoms with Crippen molar-refractivity contribution >= 4 is 11.9 Å². The van der Waals surface area contributed by atoms with Gasteiger partial charge in [-0.2, -0.15) is 0 Å². The molecule has 1 atom stereocenters. The van der Waals surface area contributed by atoms with Gasteiger partial charge in [0.1, 0.15) is 23.1 Å². The van der Waals surface area contributed by atoms with Gasteiger partial charge in [0.05, 0.1) is 19.8 Å². The standard InChI is InChI=1S/C19H29NO5/c1-18(2,3)16(20-17(22)25-19(4,5)6)15(21)13-10-9-12(23-7)11-14(13)24-8/h9-11,16H,1-8H3,(H,20,22)/t16-/m1/s1. The third-order valence-electron chi connectivity index (χ3n) is 3.46. The van der Waals surface area contributed by atoms with E-state index in [-0.39, 0.29) is 5.78 Å². The summed E-state index contributed by atoms with van der Waals surface area (Å²) >= 11 is 0. The molecule has 1 N–H and O–H groups in total. The Morgan fingerprint density at radius 2 is 1.60 bits per heavy atom. The summed E-state index contributed by atoms with van der Waals surface area (Å²) < 4.78 is 15.8. The van der Waals surface area contributed by atoms with Gasteiger partial charge in [-0.1, -0.05) is 20.8 Å². The van der Waals surface area contributed by atoms with Crippen LogP contribution in [0.4, 0.5) is 4.79 Å². The number of nitrogens with one attached hydrogen (secondary N) is 1. The van der Waals surface area contributed by atoms with E-state index in [2.05, 4.69) is 5.32 Å². The van der Waals surface area contributed by atoms with Crippen LogP contribution < -0.4 is 14.8 Å². The first kappa shape index (κ1) is 20.8. The molecule has 1 amide bonds. The van der Waals surface area contributed by atoms with E-state index in [9.17, 15) is 9.59 Å². The Kier molecular flexibility index (Phi) is 6.46. The Morgan fingerprint density at radius 3 is 2.04 bits per heavy atom. The molecule has 6 heteroatoms. The fraction of sp³-hybridized carbons (Fsp3) is 0.579. The average molecular weight is 351 g/mol. The van der Waals surface area contributed by atoms with Gasteiger partial charge < -0.3 is 19.5 Å². The van der Waals surface area contributed by atoms with Crippen molar-refractivity contribution in [3.05, 3.63) is 23.8 Å². The highest BCUT2D eigenvalue weighted by atomic mass is 16.6. The summed E-state index contributed by atoms with van der Waals surface area (Å²) in [6.45, 7) is 10.9. The Morgan fingerprint density at radius 1 is 1.00 bits per heavy atom.